The summed E-state index contributed by atoms with van der Waals surface area (Å²) < 4.78 is 6.66. The molecule has 92 valence electrons. The van der Waals surface area contributed by atoms with Gasteiger partial charge < -0.3 is 10.5 Å². The molecule has 0 aliphatic rings. The fraction of sp³-hybridized carbons (Fsp3) is 0.0833. The molecule has 1 heterocycles. The van der Waals surface area contributed by atoms with E-state index in [1.165, 1.54) is 6.20 Å². The maximum absolute atomic E-state index is 5.64. The van der Waals surface area contributed by atoms with Gasteiger partial charge in [-0.1, -0.05) is 28.1 Å². The molecular formula is C12H10BrN3OS. The van der Waals surface area contributed by atoms with Crippen LogP contribution in [0.3, 0.4) is 0 Å². The first kappa shape index (κ1) is 12.9. The Morgan fingerprint density at radius 1 is 1.39 bits per heavy atom. The number of halogens is 1. The first-order valence-corrected chi connectivity index (χ1v) is 6.33. The van der Waals surface area contributed by atoms with Crippen molar-refractivity contribution in [2.45, 2.75) is 6.92 Å². The molecule has 0 radical (unpaired) electrons. The molecule has 2 rings (SSSR count). The predicted octanol–water partition coefficient (Wildman–Crippen LogP) is 2.97. The third-order valence-electron chi connectivity index (χ3n) is 2.30. The number of ether oxygens (including phenoxy) is 1. The second-order valence-electron chi connectivity index (χ2n) is 3.63. The molecule has 0 atom stereocenters. The highest BCUT2D eigenvalue weighted by Crippen LogP contribution is 2.26. The normalized spacial score (nSPS) is 10.1. The number of aromatic nitrogens is 2. The molecule has 2 aromatic rings. The van der Waals surface area contributed by atoms with Gasteiger partial charge >= 0.3 is 0 Å². The Bertz CT molecular complexity index is 604. The molecule has 1 aromatic heterocycles. The minimum Gasteiger partial charge on any atom is -0.437 e. The molecule has 1 aromatic carbocycles. The van der Waals surface area contributed by atoms with Crippen LogP contribution in [0.5, 0.6) is 11.6 Å². The van der Waals surface area contributed by atoms with Crippen molar-refractivity contribution < 1.29 is 4.74 Å². The highest BCUT2D eigenvalue weighted by Gasteiger charge is 2.09. The largest absolute Gasteiger partial charge is 0.437 e. The summed E-state index contributed by atoms with van der Waals surface area (Å²) in [5.41, 5.74) is 7.23. The predicted molar refractivity (Wildman–Crippen MR) is 76.9 cm³/mol. The zero-order valence-corrected chi connectivity index (χ0v) is 12.0. The molecule has 0 saturated heterocycles. The van der Waals surface area contributed by atoms with Gasteiger partial charge in [-0.3, -0.25) is 0 Å². The van der Waals surface area contributed by atoms with E-state index >= 15 is 0 Å². The van der Waals surface area contributed by atoms with Gasteiger partial charge in [0.25, 0.3) is 0 Å². The molecule has 0 fully saturated rings. The van der Waals surface area contributed by atoms with Crippen LogP contribution in [-0.2, 0) is 0 Å². The lowest BCUT2D eigenvalue weighted by Gasteiger charge is -2.09. The molecule has 0 spiro atoms. The molecule has 0 aliphatic heterocycles. The first-order valence-electron chi connectivity index (χ1n) is 5.13. The molecule has 6 heteroatoms. The Kier molecular flexibility index (Phi) is 3.88. The lowest BCUT2D eigenvalue weighted by molar-refractivity contribution is 0.453. The highest BCUT2D eigenvalue weighted by atomic mass is 79.9. The Labute approximate surface area is 118 Å². The molecule has 4 nitrogen and oxygen atoms in total. The second kappa shape index (κ2) is 5.41. The van der Waals surface area contributed by atoms with E-state index in [-0.39, 0.29) is 4.99 Å². The summed E-state index contributed by atoms with van der Waals surface area (Å²) in [6.07, 6.45) is 1.52. The van der Waals surface area contributed by atoms with Crippen LogP contribution < -0.4 is 10.5 Å². The number of benzene rings is 1. The molecule has 18 heavy (non-hydrogen) atoms. The van der Waals surface area contributed by atoms with E-state index in [9.17, 15) is 0 Å². The number of thiocarbonyl (C=S) groups is 1. The molecular weight excluding hydrogens is 314 g/mol. The van der Waals surface area contributed by atoms with Crippen LogP contribution in [-0.4, -0.2) is 15.2 Å². The van der Waals surface area contributed by atoms with Crippen molar-refractivity contribution in [3.63, 3.8) is 0 Å². The van der Waals surface area contributed by atoms with Crippen molar-refractivity contribution in [2.75, 3.05) is 0 Å². The van der Waals surface area contributed by atoms with Crippen LogP contribution >= 0.6 is 28.1 Å². The number of hydrogen-bond donors (Lipinski definition) is 1. The minimum absolute atomic E-state index is 0.230. The van der Waals surface area contributed by atoms with Crippen LogP contribution in [0, 0.1) is 6.92 Å². The fourth-order valence-electron chi connectivity index (χ4n) is 1.37. The van der Waals surface area contributed by atoms with Crippen molar-refractivity contribution in [3.05, 3.63) is 46.1 Å². The standard InChI is InChI=1S/C12H10BrN3OS/c1-7-6-8(2-3-10(7)13)17-12-9(11(14)18)4-5-15-16-12/h2-6H,1H3,(H2,14,18). The minimum atomic E-state index is 0.230. The first-order chi connectivity index (χ1) is 8.58. The third kappa shape index (κ3) is 2.83. The summed E-state index contributed by atoms with van der Waals surface area (Å²) in [5.74, 6) is 0.973. The lowest BCUT2D eigenvalue weighted by atomic mass is 10.2. The monoisotopic (exact) mass is 323 g/mol. The second-order valence-corrected chi connectivity index (χ2v) is 4.92. The van der Waals surface area contributed by atoms with Crippen LogP contribution in [0.1, 0.15) is 11.1 Å². The summed E-state index contributed by atoms with van der Waals surface area (Å²) in [4.78, 5) is 0.230. The summed E-state index contributed by atoms with van der Waals surface area (Å²) in [6.45, 7) is 1.97. The van der Waals surface area contributed by atoms with Crippen LogP contribution in [0.15, 0.2) is 34.9 Å². The van der Waals surface area contributed by atoms with Gasteiger partial charge in [-0.15, -0.1) is 5.10 Å². The van der Waals surface area contributed by atoms with E-state index in [1.807, 2.05) is 25.1 Å². The summed E-state index contributed by atoms with van der Waals surface area (Å²) >= 11 is 8.36. The summed E-state index contributed by atoms with van der Waals surface area (Å²) in [5, 5.41) is 7.66. The van der Waals surface area contributed by atoms with Gasteiger partial charge in [0.2, 0.25) is 5.88 Å². The molecule has 0 bridgehead atoms. The topological polar surface area (TPSA) is 61.0 Å². The van der Waals surface area contributed by atoms with E-state index < -0.39 is 0 Å². The van der Waals surface area contributed by atoms with Gasteiger partial charge in [0.05, 0.1) is 11.8 Å². The number of nitrogens with zero attached hydrogens (tertiary/aromatic N) is 2. The van der Waals surface area contributed by atoms with Crippen molar-refractivity contribution in [1.29, 1.82) is 0 Å². The van der Waals surface area contributed by atoms with Crippen molar-refractivity contribution in [3.8, 4) is 11.6 Å². The van der Waals surface area contributed by atoms with Crippen LogP contribution in [0.25, 0.3) is 0 Å². The van der Waals surface area contributed by atoms with Crippen LogP contribution in [0.2, 0.25) is 0 Å². The number of nitrogens with two attached hydrogens (primary N) is 1. The zero-order chi connectivity index (χ0) is 13.1. The van der Waals surface area contributed by atoms with E-state index in [0.717, 1.165) is 10.0 Å². The molecule has 0 unspecified atom stereocenters. The van der Waals surface area contributed by atoms with Crippen LogP contribution in [0.4, 0.5) is 0 Å². The SMILES string of the molecule is Cc1cc(Oc2nnccc2C(N)=S)ccc1Br. The van der Waals surface area contributed by atoms with E-state index in [1.54, 1.807) is 6.07 Å². The Balaban J connectivity index is 2.34. The Hall–Kier alpha value is -1.53. The van der Waals surface area contributed by atoms with Gasteiger partial charge in [0.15, 0.2) is 0 Å². The summed E-state index contributed by atoms with van der Waals surface area (Å²) in [6, 6.07) is 7.30. The molecule has 0 aliphatic carbocycles. The summed E-state index contributed by atoms with van der Waals surface area (Å²) in [7, 11) is 0. The highest BCUT2D eigenvalue weighted by molar-refractivity contribution is 9.10. The van der Waals surface area contributed by atoms with Crippen molar-refractivity contribution >= 4 is 33.1 Å². The average molecular weight is 324 g/mol. The van der Waals surface area contributed by atoms with Gasteiger partial charge in [-0.2, -0.15) is 5.10 Å². The van der Waals surface area contributed by atoms with Crippen molar-refractivity contribution in [2.24, 2.45) is 5.73 Å². The van der Waals surface area contributed by atoms with E-state index in [0.29, 0.717) is 17.2 Å². The van der Waals surface area contributed by atoms with Gasteiger partial charge in [-0.25, -0.2) is 0 Å². The maximum Gasteiger partial charge on any atom is 0.249 e. The quantitative estimate of drug-likeness (QED) is 0.880. The van der Waals surface area contributed by atoms with E-state index in [2.05, 4.69) is 26.1 Å². The Morgan fingerprint density at radius 3 is 2.83 bits per heavy atom. The number of rotatable bonds is 3. The zero-order valence-electron chi connectivity index (χ0n) is 9.55. The number of aryl methyl sites for hydroxylation is 1. The lowest BCUT2D eigenvalue weighted by Crippen LogP contribution is -2.12. The molecule has 0 saturated carbocycles. The van der Waals surface area contributed by atoms with E-state index in [4.69, 9.17) is 22.7 Å². The van der Waals surface area contributed by atoms with Gasteiger partial charge in [0.1, 0.15) is 10.7 Å². The molecule has 2 N–H and O–H groups in total. The molecule has 0 amide bonds. The van der Waals surface area contributed by atoms with Gasteiger partial charge in [0, 0.05) is 4.47 Å². The third-order valence-corrected chi connectivity index (χ3v) is 3.41. The smallest absolute Gasteiger partial charge is 0.249 e. The van der Waals surface area contributed by atoms with Gasteiger partial charge in [-0.05, 0) is 36.8 Å². The average Bonchev–Trinajstić information content (AvgIpc) is 2.34. The maximum atomic E-state index is 5.64. The van der Waals surface area contributed by atoms with Crippen molar-refractivity contribution in [1.82, 2.24) is 10.2 Å². The Morgan fingerprint density at radius 2 is 2.17 bits per heavy atom. The number of hydrogen-bond acceptors (Lipinski definition) is 4. The fourth-order valence-corrected chi connectivity index (χ4v) is 1.78.